The zero-order valence-electron chi connectivity index (χ0n) is 20.6. The summed E-state index contributed by atoms with van der Waals surface area (Å²) in [4.78, 5) is 31.7. The van der Waals surface area contributed by atoms with E-state index in [0.29, 0.717) is 38.7 Å². The predicted octanol–water partition coefficient (Wildman–Crippen LogP) is 5.79. The Morgan fingerprint density at radius 3 is 2.56 bits per heavy atom. The van der Waals surface area contributed by atoms with Crippen molar-refractivity contribution in [2.45, 2.75) is 20.8 Å². The number of hydrogen-bond acceptors (Lipinski definition) is 8. The van der Waals surface area contributed by atoms with Gasteiger partial charge in [-0.05, 0) is 62.7 Å². The van der Waals surface area contributed by atoms with Crippen LogP contribution in [0.2, 0.25) is 0 Å². The number of benzene rings is 2. The topological polar surface area (TPSA) is 99.4 Å². The maximum Gasteiger partial charge on any atom is 0.341 e. The lowest BCUT2D eigenvalue weighted by Crippen LogP contribution is -2.22. The molecular weight excluding hydrogens is 480 g/mol. The molecule has 2 aromatic carbocycles. The summed E-state index contributed by atoms with van der Waals surface area (Å²) in [6.45, 7) is 5.73. The van der Waals surface area contributed by atoms with Crippen molar-refractivity contribution in [3.8, 4) is 11.5 Å². The molecule has 186 valence electrons. The van der Waals surface area contributed by atoms with Crippen LogP contribution in [0.4, 0.5) is 10.7 Å². The zero-order valence-corrected chi connectivity index (χ0v) is 21.4. The van der Waals surface area contributed by atoms with Gasteiger partial charge in [0.15, 0.2) is 0 Å². The average molecular weight is 507 g/mol. The number of nitrogens with zero attached hydrogens (tertiary/aromatic N) is 1. The molecule has 0 saturated heterocycles. The van der Waals surface area contributed by atoms with Gasteiger partial charge >= 0.3 is 5.97 Å². The van der Waals surface area contributed by atoms with Gasteiger partial charge in [0.05, 0.1) is 32.1 Å². The van der Waals surface area contributed by atoms with Gasteiger partial charge in [-0.15, -0.1) is 11.3 Å². The third-order valence-corrected chi connectivity index (χ3v) is 6.70. The van der Waals surface area contributed by atoms with Gasteiger partial charge in [-0.1, -0.05) is 12.1 Å². The fourth-order valence-electron chi connectivity index (χ4n) is 3.64. The number of carbonyl (C=O) groups excluding carboxylic acids is 2. The van der Waals surface area contributed by atoms with E-state index in [-0.39, 0.29) is 17.7 Å². The molecule has 0 aliphatic carbocycles. The summed E-state index contributed by atoms with van der Waals surface area (Å²) in [5.74, 6) is 0.212. The van der Waals surface area contributed by atoms with Crippen molar-refractivity contribution in [3.05, 3.63) is 75.7 Å². The molecule has 0 radical (unpaired) electrons. The number of amides is 1. The fourth-order valence-corrected chi connectivity index (χ4v) is 4.65. The number of hydrogen-bond donors (Lipinski definition) is 1. The van der Waals surface area contributed by atoms with Crippen LogP contribution in [0.1, 0.15) is 38.1 Å². The Morgan fingerprint density at radius 2 is 1.83 bits per heavy atom. The largest absolute Gasteiger partial charge is 0.497 e. The lowest BCUT2D eigenvalue weighted by molar-refractivity contribution is 0.0527. The van der Waals surface area contributed by atoms with E-state index < -0.39 is 11.9 Å². The third kappa shape index (κ3) is 4.96. The first kappa shape index (κ1) is 25.0. The first-order valence-corrected chi connectivity index (χ1v) is 12.1. The number of nitrogens with one attached hydrogen (secondary N) is 1. The summed E-state index contributed by atoms with van der Waals surface area (Å²) in [5.41, 5.74) is 2.39. The van der Waals surface area contributed by atoms with Crippen LogP contribution in [0.5, 0.6) is 11.5 Å². The van der Waals surface area contributed by atoms with Crippen LogP contribution >= 0.6 is 11.3 Å². The molecule has 0 aliphatic rings. The quantitative estimate of drug-likeness (QED) is 0.319. The summed E-state index contributed by atoms with van der Waals surface area (Å²) in [7, 11) is 3.09. The number of methoxy groups -OCH3 is 2. The molecule has 0 atom stereocenters. The Bertz CT molecular complexity index is 1520. The Hall–Kier alpha value is -4.11. The summed E-state index contributed by atoms with van der Waals surface area (Å²) in [6.07, 6.45) is 0. The van der Waals surface area contributed by atoms with Crippen LogP contribution in [0.3, 0.4) is 0 Å². The molecule has 4 rings (SSSR count). The number of aryl methyl sites for hydroxylation is 1. The Kier molecular flexibility index (Phi) is 7.40. The van der Waals surface area contributed by atoms with Crippen molar-refractivity contribution in [2.75, 3.05) is 26.1 Å². The Labute approximate surface area is 212 Å². The van der Waals surface area contributed by atoms with E-state index in [4.69, 9.17) is 18.6 Å². The molecule has 4 aromatic rings. The smallest absolute Gasteiger partial charge is 0.341 e. The highest BCUT2D eigenvalue weighted by atomic mass is 32.1. The predicted molar refractivity (Wildman–Crippen MR) is 139 cm³/mol. The van der Waals surface area contributed by atoms with E-state index in [0.717, 1.165) is 10.4 Å². The number of rotatable bonds is 7. The maximum atomic E-state index is 13.5. The molecule has 2 aromatic heterocycles. The minimum Gasteiger partial charge on any atom is -0.497 e. The van der Waals surface area contributed by atoms with Crippen LogP contribution in [0, 0.1) is 13.8 Å². The molecule has 0 unspecified atom stereocenters. The molecule has 8 nitrogen and oxygen atoms in total. The molecule has 1 amide bonds. The van der Waals surface area contributed by atoms with Crippen molar-refractivity contribution >= 4 is 44.9 Å². The molecule has 0 saturated carbocycles. The van der Waals surface area contributed by atoms with Crippen LogP contribution in [0.25, 0.3) is 11.0 Å². The number of para-hydroxylation sites is 2. The number of carbonyl (C=O) groups is 2. The molecule has 36 heavy (non-hydrogen) atoms. The van der Waals surface area contributed by atoms with Crippen molar-refractivity contribution in [2.24, 2.45) is 4.99 Å². The lowest BCUT2D eigenvalue weighted by Gasteiger charge is -2.11. The molecule has 0 fully saturated rings. The second kappa shape index (κ2) is 10.7. The molecule has 0 spiro atoms. The first-order chi connectivity index (χ1) is 17.4. The maximum absolute atomic E-state index is 13.5. The molecule has 0 aliphatic heterocycles. The monoisotopic (exact) mass is 506 g/mol. The highest BCUT2D eigenvalue weighted by Gasteiger charge is 2.22. The van der Waals surface area contributed by atoms with Crippen molar-refractivity contribution in [1.82, 2.24) is 0 Å². The van der Waals surface area contributed by atoms with E-state index in [1.807, 2.05) is 19.9 Å². The number of fused-ring (bicyclic) bond motifs is 1. The minimum atomic E-state index is -0.469. The van der Waals surface area contributed by atoms with Crippen LogP contribution in [0.15, 0.2) is 57.9 Å². The van der Waals surface area contributed by atoms with E-state index in [9.17, 15) is 9.59 Å². The second-order valence-corrected chi connectivity index (χ2v) is 9.02. The van der Waals surface area contributed by atoms with Gasteiger partial charge in [0.1, 0.15) is 27.6 Å². The van der Waals surface area contributed by atoms with E-state index in [1.165, 1.54) is 18.4 Å². The molecule has 2 heterocycles. The van der Waals surface area contributed by atoms with Gasteiger partial charge in [0, 0.05) is 10.3 Å². The normalized spacial score (nSPS) is 11.4. The van der Waals surface area contributed by atoms with Crippen molar-refractivity contribution in [3.63, 3.8) is 0 Å². The standard InChI is InChI=1S/C27H26N2O6S/c1-6-34-27(31)23-15(2)16(3)36-26(23)29-25-19(14-17-13-18(32-4)11-12-21(17)35-25)24(30)28-20-9-7-8-10-22(20)33-5/h7-14H,6H2,1-5H3,(H,28,30)/b29-25-. The van der Waals surface area contributed by atoms with Crippen LogP contribution in [-0.2, 0) is 4.74 Å². The average Bonchev–Trinajstić information content (AvgIpc) is 3.16. The molecule has 1 N–H and O–H groups in total. The van der Waals surface area contributed by atoms with Gasteiger partial charge in [-0.2, -0.15) is 0 Å². The third-order valence-electron chi connectivity index (χ3n) is 5.60. The van der Waals surface area contributed by atoms with Gasteiger partial charge < -0.3 is 23.9 Å². The SMILES string of the molecule is CCOC(=O)c1c(/N=c2\oc3ccc(OC)cc3cc2C(=O)Nc2ccccc2OC)sc(C)c1C. The first-order valence-electron chi connectivity index (χ1n) is 11.2. The van der Waals surface area contributed by atoms with Crippen LogP contribution < -0.4 is 20.3 Å². The highest BCUT2D eigenvalue weighted by molar-refractivity contribution is 7.16. The summed E-state index contributed by atoms with van der Waals surface area (Å²) in [6, 6.07) is 14.0. The summed E-state index contributed by atoms with van der Waals surface area (Å²) in [5, 5.41) is 3.93. The highest BCUT2D eigenvalue weighted by Crippen LogP contribution is 2.35. The number of anilines is 1. The lowest BCUT2D eigenvalue weighted by atomic mass is 10.1. The van der Waals surface area contributed by atoms with E-state index in [1.54, 1.807) is 56.5 Å². The zero-order chi connectivity index (χ0) is 25.8. The molecule has 9 heteroatoms. The number of esters is 1. The van der Waals surface area contributed by atoms with Crippen LogP contribution in [-0.4, -0.2) is 32.7 Å². The summed E-state index contributed by atoms with van der Waals surface area (Å²) < 4.78 is 22.0. The minimum absolute atomic E-state index is 0.0619. The van der Waals surface area contributed by atoms with E-state index in [2.05, 4.69) is 10.3 Å². The summed E-state index contributed by atoms with van der Waals surface area (Å²) >= 11 is 1.33. The Morgan fingerprint density at radius 1 is 1.06 bits per heavy atom. The van der Waals surface area contributed by atoms with Gasteiger partial charge in [0.25, 0.3) is 5.91 Å². The molecule has 0 bridgehead atoms. The Balaban J connectivity index is 1.92. The van der Waals surface area contributed by atoms with Crippen molar-refractivity contribution in [1.29, 1.82) is 0 Å². The second-order valence-electron chi connectivity index (χ2n) is 7.82. The van der Waals surface area contributed by atoms with Gasteiger partial charge in [-0.25, -0.2) is 9.79 Å². The van der Waals surface area contributed by atoms with Gasteiger partial charge in [-0.3, -0.25) is 4.79 Å². The van der Waals surface area contributed by atoms with Crippen molar-refractivity contribution < 1.29 is 28.2 Å². The van der Waals surface area contributed by atoms with Gasteiger partial charge in [0.2, 0.25) is 5.55 Å². The number of thiophene rings is 1. The fraction of sp³-hybridized carbons (Fsp3) is 0.222. The number of ether oxygens (including phenoxy) is 3. The van der Waals surface area contributed by atoms with E-state index >= 15 is 0 Å². The molecular formula is C27H26N2O6S.